The van der Waals surface area contributed by atoms with Gasteiger partial charge in [-0.15, -0.1) is 0 Å². The van der Waals surface area contributed by atoms with Gasteiger partial charge < -0.3 is 15.0 Å². The molecule has 5 heteroatoms. The Balaban J connectivity index is 1.66. The zero-order valence-corrected chi connectivity index (χ0v) is 11.6. The molecule has 1 saturated heterocycles. The molecule has 0 spiro atoms. The van der Waals surface area contributed by atoms with E-state index in [1.807, 2.05) is 0 Å². The lowest BCUT2D eigenvalue weighted by Gasteiger charge is -2.33. The Morgan fingerprint density at radius 3 is 2.79 bits per heavy atom. The molecular formula is C14H23N3O2. The van der Waals surface area contributed by atoms with Crippen LogP contribution in [0.4, 0.5) is 0 Å². The fraction of sp³-hybridized carbons (Fsp3) is 0.857. The molecule has 1 saturated carbocycles. The largest absolute Gasteiger partial charge is 0.378 e. The van der Waals surface area contributed by atoms with Crippen molar-refractivity contribution >= 4 is 0 Å². The van der Waals surface area contributed by atoms with E-state index in [-0.39, 0.29) is 11.6 Å². The van der Waals surface area contributed by atoms with E-state index in [4.69, 9.17) is 15.0 Å². The summed E-state index contributed by atoms with van der Waals surface area (Å²) in [5.41, 5.74) is 6.06. The van der Waals surface area contributed by atoms with Gasteiger partial charge in [-0.25, -0.2) is 0 Å². The van der Waals surface area contributed by atoms with E-state index in [0.717, 1.165) is 57.5 Å². The normalized spacial score (nSPS) is 35.7. The van der Waals surface area contributed by atoms with Crippen LogP contribution in [0.1, 0.15) is 57.2 Å². The van der Waals surface area contributed by atoms with Crippen molar-refractivity contribution in [2.45, 2.75) is 63.5 Å². The minimum atomic E-state index is -0.384. The van der Waals surface area contributed by atoms with E-state index in [1.165, 1.54) is 0 Å². The van der Waals surface area contributed by atoms with Gasteiger partial charge in [-0.2, -0.15) is 4.98 Å². The first kappa shape index (κ1) is 13.1. The Morgan fingerprint density at radius 2 is 2.11 bits per heavy atom. The van der Waals surface area contributed by atoms with Crippen LogP contribution < -0.4 is 5.73 Å². The van der Waals surface area contributed by atoms with Gasteiger partial charge in [0.25, 0.3) is 0 Å². The molecule has 1 atom stereocenters. The minimum absolute atomic E-state index is 0.244. The average molecular weight is 265 g/mol. The van der Waals surface area contributed by atoms with Crippen molar-refractivity contribution in [2.75, 3.05) is 6.61 Å². The van der Waals surface area contributed by atoms with Gasteiger partial charge in [0.05, 0.1) is 18.1 Å². The van der Waals surface area contributed by atoms with E-state index in [9.17, 15) is 0 Å². The summed E-state index contributed by atoms with van der Waals surface area (Å²) in [6.07, 6.45) is 7.37. The van der Waals surface area contributed by atoms with Crippen molar-refractivity contribution in [2.24, 2.45) is 11.7 Å². The molecule has 5 nitrogen and oxygen atoms in total. The molecule has 1 unspecified atom stereocenters. The molecule has 1 aromatic rings. The van der Waals surface area contributed by atoms with Gasteiger partial charge in [0.2, 0.25) is 5.89 Å². The standard InChI is InChI=1S/C14H23N3O2/c1-10-4-6-14(15,7-5-10)13-16-12(19-17-13)9-11-3-2-8-18-11/h10-11H,2-9,15H2,1H3. The number of hydrogen-bond acceptors (Lipinski definition) is 5. The maximum absolute atomic E-state index is 6.45. The summed E-state index contributed by atoms with van der Waals surface area (Å²) < 4.78 is 10.9. The number of rotatable bonds is 3. The summed E-state index contributed by atoms with van der Waals surface area (Å²) in [6, 6.07) is 0. The Bertz CT molecular complexity index is 418. The molecule has 0 bridgehead atoms. The van der Waals surface area contributed by atoms with E-state index < -0.39 is 0 Å². The lowest BCUT2D eigenvalue weighted by atomic mass is 9.77. The molecule has 0 radical (unpaired) electrons. The van der Waals surface area contributed by atoms with E-state index >= 15 is 0 Å². The topological polar surface area (TPSA) is 74.2 Å². The first-order chi connectivity index (χ1) is 9.16. The van der Waals surface area contributed by atoms with Gasteiger partial charge in [-0.3, -0.25) is 0 Å². The zero-order valence-electron chi connectivity index (χ0n) is 11.6. The van der Waals surface area contributed by atoms with Crippen LogP contribution in [-0.2, 0) is 16.7 Å². The third-order valence-corrected chi connectivity index (χ3v) is 4.51. The summed E-state index contributed by atoms with van der Waals surface area (Å²) >= 11 is 0. The Kier molecular flexibility index (Phi) is 3.58. The van der Waals surface area contributed by atoms with Gasteiger partial charge in [0.15, 0.2) is 5.82 Å². The molecule has 19 heavy (non-hydrogen) atoms. The predicted molar refractivity (Wildman–Crippen MR) is 70.5 cm³/mol. The van der Waals surface area contributed by atoms with Crippen LogP contribution in [0.15, 0.2) is 4.52 Å². The molecule has 106 valence electrons. The van der Waals surface area contributed by atoms with Crippen LogP contribution >= 0.6 is 0 Å². The van der Waals surface area contributed by atoms with Crippen LogP contribution in [0.2, 0.25) is 0 Å². The molecule has 2 N–H and O–H groups in total. The maximum Gasteiger partial charge on any atom is 0.229 e. The van der Waals surface area contributed by atoms with Crippen LogP contribution in [-0.4, -0.2) is 22.9 Å². The zero-order chi connectivity index (χ0) is 13.3. The highest BCUT2D eigenvalue weighted by Crippen LogP contribution is 2.36. The molecule has 0 amide bonds. The Morgan fingerprint density at radius 1 is 1.32 bits per heavy atom. The van der Waals surface area contributed by atoms with Crippen molar-refractivity contribution < 1.29 is 9.26 Å². The lowest BCUT2D eigenvalue weighted by Crippen LogP contribution is -2.41. The number of aromatic nitrogens is 2. The van der Waals surface area contributed by atoms with Crippen molar-refractivity contribution in [1.29, 1.82) is 0 Å². The highest BCUT2D eigenvalue weighted by Gasteiger charge is 2.36. The first-order valence-electron chi connectivity index (χ1n) is 7.39. The highest BCUT2D eigenvalue weighted by atomic mass is 16.5. The second-order valence-electron chi connectivity index (χ2n) is 6.19. The fourth-order valence-corrected chi connectivity index (χ4v) is 3.04. The maximum atomic E-state index is 6.45. The second kappa shape index (κ2) is 5.21. The van der Waals surface area contributed by atoms with Gasteiger partial charge in [-0.1, -0.05) is 12.1 Å². The highest BCUT2D eigenvalue weighted by molar-refractivity contribution is 5.06. The number of nitrogens with zero attached hydrogens (tertiary/aromatic N) is 2. The Labute approximate surface area is 113 Å². The van der Waals surface area contributed by atoms with Crippen molar-refractivity contribution in [3.8, 4) is 0 Å². The summed E-state index contributed by atoms with van der Waals surface area (Å²) in [4.78, 5) is 4.51. The monoisotopic (exact) mass is 265 g/mol. The summed E-state index contributed by atoms with van der Waals surface area (Å²) in [7, 11) is 0. The number of ether oxygens (including phenoxy) is 1. The Hall–Kier alpha value is -0.940. The molecule has 1 aromatic heterocycles. The quantitative estimate of drug-likeness (QED) is 0.906. The fourth-order valence-electron chi connectivity index (χ4n) is 3.04. The SMILES string of the molecule is CC1CCC(N)(c2noc(CC3CCCO3)n2)CC1. The third-order valence-electron chi connectivity index (χ3n) is 4.51. The molecule has 0 aromatic carbocycles. The molecule has 2 fully saturated rings. The van der Waals surface area contributed by atoms with Crippen LogP contribution in [0.25, 0.3) is 0 Å². The van der Waals surface area contributed by atoms with Gasteiger partial charge in [-0.05, 0) is 44.4 Å². The van der Waals surface area contributed by atoms with Crippen molar-refractivity contribution in [3.63, 3.8) is 0 Å². The smallest absolute Gasteiger partial charge is 0.229 e. The number of nitrogens with two attached hydrogens (primary N) is 1. The molecule has 2 heterocycles. The molecule has 1 aliphatic heterocycles. The van der Waals surface area contributed by atoms with Gasteiger partial charge in [0, 0.05) is 6.61 Å². The van der Waals surface area contributed by atoms with Gasteiger partial charge in [0.1, 0.15) is 0 Å². The van der Waals surface area contributed by atoms with Gasteiger partial charge >= 0.3 is 0 Å². The van der Waals surface area contributed by atoms with Crippen LogP contribution in [0, 0.1) is 5.92 Å². The molecule has 3 rings (SSSR count). The second-order valence-corrected chi connectivity index (χ2v) is 6.19. The predicted octanol–water partition coefficient (Wildman–Crippen LogP) is 2.16. The van der Waals surface area contributed by atoms with Crippen molar-refractivity contribution in [1.82, 2.24) is 10.1 Å². The molecule has 2 aliphatic rings. The van der Waals surface area contributed by atoms with Crippen molar-refractivity contribution in [3.05, 3.63) is 11.7 Å². The molecular weight excluding hydrogens is 242 g/mol. The lowest BCUT2D eigenvalue weighted by molar-refractivity contribution is 0.104. The minimum Gasteiger partial charge on any atom is -0.378 e. The van der Waals surface area contributed by atoms with E-state index in [1.54, 1.807) is 0 Å². The average Bonchev–Trinajstić information content (AvgIpc) is 3.05. The number of hydrogen-bond donors (Lipinski definition) is 1. The first-order valence-corrected chi connectivity index (χ1v) is 7.39. The van der Waals surface area contributed by atoms with E-state index in [0.29, 0.717) is 11.7 Å². The summed E-state index contributed by atoms with van der Waals surface area (Å²) in [5.74, 6) is 2.12. The summed E-state index contributed by atoms with van der Waals surface area (Å²) in [6.45, 7) is 3.13. The van der Waals surface area contributed by atoms with Crippen LogP contribution in [0.3, 0.4) is 0 Å². The van der Waals surface area contributed by atoms with E-state index in [2.05, 4.69) is 17.1 Å². The van der Waals surface area contributed by atoms with Crippen LogP contribution in [0.5, 0.6) is 0 Å². The summed E-state index contributed by atoms with van der Waals surface area (Å²) in [5, 5.41) is 4.11. The molecule has 1 aliphatic carbocycles. The third kappa shape index (κ3) is 2.82.